The van der Waals surface area contributed by atoms with E-state index in [1.165, 1.54) is 44.9 Å². The minimum atomic E-state index is -1.11. The van der Waals surface area contributed by atoms with Gasteiger partial charge < -0.3 is 0 Å². The van der Waals surface area contributed by atoms with E-state index in [2.05, 4.69) is 192 Å². The van der Waals surface area contributed by atoms with Crippen molar-refractivity contribution in [2.45, 2.75) is 182 Å². The molecule has 2 aliphatic heterocycles. The quantitative estimate of drug-likeness (QED) is 0.157. The molecule has 0 radical (unpaired) electrons. The number of rotatable bonds is 12. The average molecular weight is 1020 g/mol. The van der Waals surface area contributed by atoms with E-state index in [1.54, 1.807) is 0 Å². The summed E-state index contributed by atoms with van der Waals surface area (Å²) in [6, 6.07) is 13.7. The van der Waals surface area contributed by atoms with E-state index >= 15 is 0 Å². The summed E-state index contributed by atoms with van der Waals surface area (Å²) in [5.74, 6) is 16.7. The summed E-state index contributed by atoms with van der Waals surface area (Å²) >= 11 is 1.22. The van der Waals surface area contributed by atoms with Crippen LogP contribution < -0.4 is 0 Å². The third kappa shape index (κ3) is 9.16. The Morgan fingerprint density at radius 3 is 0.911 bits per heavy atom. The summed E-state index contributed by atoms with van der Waals surface area (Å²) in [4.78, 5) is 0. The summed E-state index contributed by atoms with van der Waals surface area (Å²) in [5.41, 5.74) is 11.5. The van der Waals surface area contributed by atoms with Crippen molar-refractivity contribution < 1.29 is 9.15 Å². The van der Waals surface area contributed by atoms with Crippen LogP contribution in [0.2, 0.25) is 23.3 Å². The first-order valence-corrected chi connectivity index (χ1v) is 31.5. The molecule has 0 saturated carbocycles. The van der Waals surface area contributed by atoms with Gasteiger partial charge in [-0.3, -0.25) is 0 Å². The van der Waals surface area contributed by atoms with Crippen molar-refractivity contribution in [3.63, 3.8) is 0 Å². The Morgan fingerprint density at radius 1 is 0.500 bits per heavy atom. The maximum absolute atomic E-state index is 10.4. The summed E-state index contributed by atoms with van der Waals surface area (Å²) in [6.45, 7) is 37.4. The van der Waals surface area contributed by atoms with E-state index < -0.39 is 7.54 Å². The number of hydrogen-bond donors (Lipinski definition) is 0. The zero-order valence-electron chi connectivity index (χ0n) is 38.8. The Hall–Kier alpha value is -1.03. The molecule has 0 spiro atoms. The topological polar surface area (TPSA) is 53.6 Å². The number of para-hydroxylation sites is 2. The van der Waals surface area contributed by atoms with Crippen molar-refractivity contribution in [2.24, 2.45) is 10.8 Å². The van der Waals surface area contributed by atoms with Crippen molar-refractivity contribution >= 4 is 89.3 Å². The number of hydrogen-bond acceptors (Lipinski definition) is 2. The molecule has 0 fully saturated rings. The molecule has 0 saturated heterocycles. The van der Waals surface area contributed by atoms with Gasteiger partial charge in [0, 0.05) is 0 Å². The monoisotopic (exact) mass is 1020 g/mol. The molecule has 10 heteroatoms. The van der Waals surface area contributed by atoms with Crippen LogP contribution >= 0.6 is 0 Å². The van der Waals surface area contributed by atoms with Gasteiger partial charge in [-0.25, -0.2) is 0 Å². The normalized spacial score (nSPS) is 18.8. The van der Waals surface area contributed by atoms with Gasteiger partial charge in [0.15, 0.2) is 0 Å². The van der Waals surface area contributed by atoms with Gasteiger partial charge >= 0.3 is 372 Å². The molecule has 4 nitrogen and oxygen atoms in total. The van der Waals surface area contributed by atoms with Gasteiger partial charge in [0.25, 0.3) is 0 Å². The van der Waals surface area contributed by atoms with E-state index in [0.717, 1.165) is 12.8 Å². The van der Waals surface area contributed by atoms with Gasteiger partial charge in [0.05, 0.1) is 0 Å². The van der Waals surface area contributed by atoms with Gasteiger partial charge in [-0.05, 0) is 0 Å². The molecule has 0 bridgehead atoms. The van der Waals surface area contributed by atoms with Gasteiger partial charge in [-0.2, -0.15) is 0 Å². The Balaban J connectivity index is 0.000000300. The molecule has 2 aliphatic rings. The zero-order chi connectivity index (χ0) is 43.0. The first-order chi connectivity index (χ1) is 25.8. The van der Waals surface area contributed by atoms with Crippen LogP contribution in [0.1, 0.15) is 170 Å². The molecule has 56 heavy (non-hydrogen) atoms. The average Bonchev–Trinajstić information content (AvgIpc) is 3.44. The van der Waals surface area contributed by atoms with Crippen molar-refractivity contribution in [3.05, 3.63) is 58.7 Å². The molecule has 0 amide bonds. The van der Waals surface area contributed by atoms with Gasteiger partial charge in [-0.1, -0.05) is 0 Å². The maximum atomic E-state index is 10.4. The van der Waals surface area contributed by atoms with Crippen LogP contribution in [-0.4, -0.2) is 98.1 Å². The SMILES string of the molecule is C[Se][B-](C#N)([Se]C)C1=[N+](c2c(C(C)C)cccc2C(C)C)C(C)(C)CC1(C)C.C[Se][B-](C#N)([Se]C)C1=[N+](c2c(C(C)C)cccc2C(C)C)C(C)(C)CC1(C)C. The van der Waals surface area contributed by atoms with E-state index in [0.29, 0.717) is 82.8 Å². The predicted octanol–water partition coefficient (Wildman–Crippen LogP) is 11.6. The van der Waals surface area contributed by atoms with Crippen LogP contribution in [0.25, 0.3) is 0 Å². The van der Waals surface area contributed by atoms with Crippen LogP contribution in [0.4, 0.5) is 11.4 Å². The standard InChI is InChI=1S/2C23H37BN2Se2/c2*1-16(2)18-12-11-13-19(17(3)4)20(18)26-21(24(15-25,27-9)28-10)22(5,6)14-23(26,7)8/h2*11-13,16-17H,14H2,1-10H3. The zero-order valence-corrected chi connectivity index (χ0v) is 45.6. The summed E-state index contributed by atoms with van der Waals surface area (Å²) in [5, 5.41) is 20.8. The first kappa shape index (κ1) is 49.3. The number of nitrogens with zero attached hydrogens (tertiary/aromatic N) is 4. The molecule has 308 valence electrons. The fourth-order valence-electron chi connectivity index (χ4n) is 10.5. The molecule has 0 atom stereocenters. The van der Waals surface area contributed by atoms with E-state index in [4.69, 9.17) is 0 Å². The molecule has 2 aromatic rings. The van der Waals surface area contributed by atoms with E-state index in [9.17, 15) is 10.5 Å². The second kappa shape index (κ2) is 18.3. The van der Waals surface area contributed by atoms with Crippen molar-refractivity contribution in [1.29, 1.82) is 10.5 Å². The molecule has 0 aliphatic carbocycles. The van der Waals surface area contributed by atoms with Gasteiger partial charge in [-0.15, -0.1) is 0 Å². The molecule has 0 unspecified atom stereocenters. The summed E-state index contributed by atoms with van der Waals surface area (Å²) < 4.78 is 3.12. The Kier molecular flexibility index (Phi) is 16.1. The predicted molar refractivity (Wildman–Crippen MR) is 253 cm³/mol. The van der Waals surface area contributed by atoms with Crippen LogP contribution in [0.15, 0.2) is 36.4 Å². The number of nitriles is 2. The van der Waals surface area contributed by atoms with Crippen LogP contribution in [0, 0.1) is 33.3 Å². The first-order valence-electron chi connectivity index (χ1n) is 20.7. The Morgan fingerprint density at radius 2 is 0.732 bits per heavy atom. The van der Waals surface area contributed by atoms with E-state index in [1.807, 2.05) is 0 Å². The van der Waals surface area contributed by atoms with Crippen molar-refractivity contribution in [2.75, 3.05) is 0 Å². The third-order valence-electron chi connectivity index (χ3n) is 12.3. The van der Waals surface area contributed by atoms with Crippen LogP contribution in [0.3, 0.4) is 0 Å². The second-order valence-electron chi connectivity index (χ2n) is 20.0. The Labute approximate surface area is 369 Å². The fraction of sp³-hybridized carbons (Fsp3) is 0.652. The molecule has 2 heterocycles. The number of benzene rings is 2. The van der Waals surface area contributed by atoms with Crippen LogP contribution in [-0.2, 0) is 0 Å². The van der Waals surface area contributed by atoms with E-state index in [-0.39, 0.29) is 21.9 Å². The molecule has 2 aromatic carbocycles. The molecule has 0 aromatic heterocycles. The molecular formula is C46H74B2N4Se4. The molecule has 0 N–H and O–H groups in total. The van der Waals surface area contributed by atoms with Crippen LogP contribution in [0.5, 0.6) is 0 Å². The third-order valence-corrected chi connectivity index (χ3v) is 29.1. The Bertz CT molecular complexity index is 1710. The fourth-order valence-corrected chi connectivity index (χ4v) is 21.8. The van der Waals surface area contributed by atoms with Crippen molar-refractivity contribution in [1.82, 2.24) is 0 Å². The minimum absolute atomic E-state index is 0.00775. The second-order valence-corrected chi connectivity index (χ2v) is 32.9. The van der Waals surface area contributed by atoms with Gasteiger partial charge in [0.2, 0.25) is 0 Å². The molecule has 4 rings (SSSR count). The summed E-state index contributed by atoms with van der Waals surface area (Å²) in [6.07, 6.45) is 2.19. The summed E-state index contributed by atoms with van der Waals surface area (Å²) in [7, 11) is 0. The van der Waals surface area contributed by atoms with Gasteiger partial charge in [0.1, 0.15) is 0 Å². The van der Waals surface area contributed by atoms with Crippen molar-refractivity contribution in [3.8, 4) is 11.9 Å². The molecular weight excluding hydrogens is 946 g/mol.